The van der Waals surface area contributed by atoms with Gasteiger partial charge in [-0.1, -0.05) is 31.5 Å². The third-order valence-corrected chi connectivity index (χ3v) is 3.38. The van der Waals surface area contributed by atoms with E-state index in [1.165, 1.54) is 0 Å². The van der Waals surface area contributed by atoms with E-state index < -0.39 is 0 Å². The van der Waals surface area contributed by atoms with E-state index in [-0.39, 0.29) is 18.5 Å². The molecule has 0 aromatic heterocycles. The largest absolute Gasteiger partial charge is 0.376 e. The summed E-state index contributed by atoms with van der Waals surface area (Å²) in [5.41, 5.74) is 1.90. The van der Waals surface area contributed by atoms with Gasteiger partial charge >= 0.3 is 0 Å². The van der Waals surface area contributed by atoms with Gasteiger partial charge in [0.2, 0.25) is 5.91 Å². The van der Waals surface area contributed by atoms with Crippen molar-refractivity contribution in [1.29, 1.82) is 0 Å². The molecule has 0 fully saturated rings. The van der Waals surface area contributed by atoms with E-state index in [0.29, 0.717) is 5.02 Å². The molecule has 0 saturated heterocycles. The molecular weight excluding hydrogens is 248 g/mol. The van der Waals surface area contributed by atoms with Crippen LogP contribution in [0.3, 0.4) is 0 Å². The third-order valence-electron chi connectivity index (χ3n) is 2.98. The van der Waals surface area contributed by atoms with Gasteiger partial charge < -0.3 is 10.6 Å². The highest BCUT2D eigenvalue weighted by Crippen LogP contribution is 2.19. The minimum atomic E-state index is 0.0143. The van der Waals surface area contributed by atoms with Crippen molar-refractivity contribution in [3.8, 4) is 0 Å². The van der Waals surface area contributed by atoms with E-state index in [9.17, 15) is 4.79 Å². The number of benzene rings is 1. The van der Waals surface area contributed by atoms with Crippen LogP contribution < -0.4 is 10.6 Å². The monoisotopic (exact) mass is 268 g/mol. The fourth-order valence-corrected chi connectivity index (χ4v) is 1.84. The Morgan fingerprint density at radius 2 is 2.00 bits per heavy atom. The predicted molar refractivity (Wildman–Crippen MR) is 77.2 cm³/mol. The van der Waals surface area contributed by atoms with Crippen molar-refractivity contribution in [2.24, 2.45) is 0 Å². The molecule has 0 unspecified atom stereocenters. The second-order valence-corrected chi connectivity index (χ2v) is 4.81. The van der Waals surface area contributed by atoms with Gasteiger partial charge in [0.05, 0.1) is 6.54 Å². The van der Waals surface area contributed by atoms with Crippen LogP contribution in [-0.4, -0.2) is 18.5 Å². The van der Waals surface area contributed by atoms with E-state index in [4.69, 9.17) is 11.6 Å². The van der Waals surface area contributed by atoms with Crippen molar-refractivity contribution in [3.63, 3.8) is 0 Å². The maximum atomic E-state index is 11.7. The molecule has 2 N–H and O–H groups in total. The van der Waals surface area contributed by atoms with Crippen LogP contribution in [0.15, 0.2) is 18.2 Å². The van der Waals surface area contributed by atoms with Gasteiger partial charge in [-0.25, -0.2) is 0 Å². The van der Waals surface area contributed by atoms with Gasteiger partial charge in [-0.05, 0) is 37.5 Å². The Labute approximate surface area is 114 Å². The van der Waals surface area contributed by atoms with Crippen LogP contribution in [0.4, 0.5) is 5.69 Å². The molecule has 18 heavy (non-hydrogen) atoms. The lowest BCUT2D eigenvalue weighted by Crippen LogP contribution is -2.37. The van der Waals surface area contributed by atoms with Crippen LogP contribution in [0.25, 0.3) is 0 Å². The average molecular weight is 269 g/mol. The summed E-state index contributed by atoms with van der Waals surface area (Å²) in [5.74, 6) is 0.0143. The van der Waals surface area contributed by atoms with E-state index in [2.05, 4.69) is 24.5 Å². The summed E-state index contributed by atoms with van der Waals surface area (Å²) in [7, 11) is 0. The standard InChI is InChI=1S/C14H21ClN2O/c1-4-11(5-2)17-14(18)9-16-12-7-6-10(3)13(15)8-12/h6-8,11,16H,4-5,9H2,1-3H3,(H,17,18). The topological polar surface area (TPSA) is 41.1 Å². The molecule has 100 valence electrons. The minimum absolute atomic E-state index is 0.0143. The first kappa shape index (κ1) is 14.8. The highest BCUT2D eigenvalue weighted by atomic mass is 35.5. The molecule has 0 heterocycles. The number of anilines is 1. The van der Waals surface area contributed by atoms with E-state index in [1.54, 1.807) is 0 Å². The van der Waals surface area contributed by atoms with Gasteiger partial charge in [0.15, 0.2) is 0 Å². The van der Waals surface area contributed by atoms with Crippen molar-refractivity contribution >= 4 is 23.2 Å². The van der Waals surface area contributed by atoms with Crippen molar-refractivity contribution in [2.75, 3.05) is 11.9 Å². The first-order valence-corrected chi connectivity index (χ1v) is 6.74. The lowest BCUT2D eigenvalue weighted by atomic mass is 10.2. The van der Waals surface area contributed by atoms with Crippen LogP contribution in [0.5, 0.6) is 0 Å². The Hall–Kier alpha value is -1.22. The zero-order chi connectivity index (χ0) is 13.5. The molecule has 0 spiro atoms. The van der Waals surface area contributed by atoms with Crippen LogP contribution >= 0.6 is 11.6 Å². The number of carbonyl (C=O) groups excluding carboxylic acids is 1. The average Bonchev–Trinajstić information content (AvgIpc) is 2.37. The summed E-state index contributed by atoms with van der Waals surface area (Å²) in [4.78, 5) is 11.7. The molecule has 0 aliphatic rings. The lowest BCUT2D eigenvalue weighted by molar-refractivity contribution is -0.120. The van der Waals surface area contributed by atoms with Gasteiger partial charge in [0.25, 0.3) is 0 Å². The number of rotatable bonds is 6. The third kappa shape index (κ3) is 4.57. The number of amides is 1. The van der Waals surface area contributed by atoms with Crippen molar-refractivity contribution in [3.05, 3.63) is 28.8 Å². The normalized spacial score (nSPS) is 10.5. The van der Waals surface area contributed by atoms with Gasteiger partial charge in [0, 0.05) is 16.8 Å². The van der Waals surface area contributed by atoms with Crippen molar-refractivity contribution in [1.82, 2.24) is 5.32 Å². The molecule has 3 nitrogen and oxygen atoms in total. The zero-order valence-electron chi connectivity index (χ0n) is 11.2. The summed E-state index contributed by atoms with van der Waals surface area (Å²) >= 11 is 6.02. The fraction of sp³-hybridized carbons (Fsp3) is 0.500. The van der Waals surface area contributed by atoms with Gasteiger partial charge in [-0.3, -0.25) is 4.79 Å². The number of aryl methyl sites for hydroxylation is 1. The molecule has 0 radical (unpaired) electrons. The second-order valence-electron chi connectivity index (χ2n) is 4.40. The molecule has 1 amide bonds. The Morgan fingerprint density at radius 1 is 1.33 bits per heavy atom. The SMILES string of the molecule is CCC(CC)NC(=O)CNc1ccc(C)c(Cl)c1. The summed E-state index contributed by atoms with van der Waals surface area (Å²) < 4.78 is 0. The molecule has 0 aliphatic carbocycles. The van der Waals surface area contributed by atoms with Gasteiger partial charge in [-0.15, -0.1) is 0 Å². The molecule has 0 aliphatic heterocycles. The molecule has 4 heteroatoms. The Balaban J connectivity index is 2.44. The maximum Gasteiger partial charge on any atom is 0.239 e. The number of nitrogens with one attached hydrogen (secondary N) is 2. The molecule has 1 aromatic carbocycles. The van der Waals surface area contributed by atoms with Crippen LogP contribution in [-0.2, 0) is 4.79 Å². The number of carbonyl (C=O) groups is 1. The van der Waals surface area contributed by atoms with E-state index in [0.717, 1.165) is 24.1 Å². The van der Waals surface area contributed by atoms with Gasteiger partial charge in [-0.2, -0.15) is 0 Å². The first-order valence-electron chi connectivity index (χ1n) is 6.36. The Bertz CT molecular complexity index is 403. The van der Waals surface area contributed by atoms with Crippen molar-refractivity contribution < 1.29 is 4.79 Å². The number of halogens is 1. The van der Waals surface area contributed by atoms with E-state index >= 15 is 0 Å². The lowest BCUT2D eigenvalue weighted by Gasteiger charge is -2.15. The quantitative estimate of drug-likeness (QED) is 0.831. The summed E-state index contributed by atoms with van der Waals surface area (Å²) in [5, 5.41) is 6.76. The zero-order valence-corrected chi connectivity index (χ0v) is 12.0. The molecule has 0 atom stereocenters. The summed E-state index contributed by atoms with van der Waals surface area (Å²) in [6.07, 6.45) is 1.91. The Kier molecular flexibility index (Phi) is 5.99. The minimum Gasteiger partial charge on any atom is -0.376 e. The maximum absolute atomic E-state index is 11.7. The molecule has 0 bridgehead atoms. The van der Waals surface area contributed by atoms with Crippen LogP contribution in [0.2, 0.25) is 5.02 Å². The second kappa shape index (κ2) is 7.27. The molecule has 1 aromatic rings. The van der Waals surface area contributed by atoms with Gasteiger partial charge in [0.1, 0.15) is 0 Å². The van der Waals surface area contributed by atoms with E-state index in [1.807, 2.05) is 25.1 Å². The number of hydrogen-bond acceptors (Lipinski definition) is 2. The number of hydrogen-bond donors (Lipinski definition) is 2. The Morgan fingerprint density at radius 3 is 2.56 bits per heavy atom. The van der Waals surface area contributed by atoms with Crippen LogP contribution in [0, 0.1) is 6.92 Å². The highest BCUT2D eigenvalue weighted by Gasteiger charge is 2.07. The molecular formula is C14H21ClN2O. The molecule has 0 saturated carbocycles. The van der Waals surface area contributed by atoms with Crippen molar-refractivity contribution in [2.45, 2.75) is 39.7 Å². The summed E-state index contributed by atoms with van der Waals surface area (Å²) in [6, 6.07) is 5.96. The highest BCUT2D eigenvalue weighted by molar-refractivity contribution is 6.31. The summed E-state index contributed by atoms with van der Waals surface area (Å²) in [6.45, 7) is 6.37. The molecule has 1 rings (SSSR count). The first-order chi connectivity index (χ1) is 8.56. The van der Waals surface area contributed by atoms with Crippen LogP contribution in [0.1, 0.15) is 32.3 Å². The smallest absolute Gasteiger partial charge is 0.239 e. The predicted octanol–water partition coefficient (Wildman–Crippen LogP) is 3.37. The fourth-order valence-electron chi connectivity index (χ4n) is 1.66.